The van der Waals surface area contributed by atoms with Gasteiger partial charge in [-0.2, -0.15) is 13.2 Å². The highest BCUT2D eigenvalue weighted by atomic mass is 19.4. The van der Waals surface area contributed by atoms with Crippen molar-refractivity contribution in [2.24, 2.45) is 0 Å². The molecule has 1 aliphatic rings. The number of aromatic nitrogens is 3. The highest BCUT2D eigenvalue weighted by Gasteiger charge is 2.41. The van der Waals surface area contributed by atoms with Gasteiger partial charge in [0.2, 0.25) is 0 Å². The van der Waals surface area contributed by atoms with Crippen LogP contribution in [0.5, 0.6) is 0 Å². The topological polar surface area (TPSA) is 57.0 Å². The summed E-state index contributed by atoms with van der Waals surface area (Å²) in [5.74, 6) is -1.97. The van der Waals surface area contributed by atoms with Crippen LogP contribution in [0.25, 0.3) is 0 Å². The Morgan fingerprint density at radius 1 is 1.50 bits per heavy atom. The van der Waals surface area contributed by atoms with E-state index in [1.54, 1.807) is 0 Å². The van der Waals surface area contributed by atoms with E-state index in [-0.39, 0.29) is 6.10 Å². The molecule has 1 aromatic heterocycles. The van der Waals surface area contributed by atoms with Crippen molar-refractivity contribution in [3.8, 4) is 0 Å². The molecule has 1 aliphatic heterocycles. The second kappa shape index (κ2) is 5.05. The molecule has 0 aliphatic carbocycles. The van der Waals surface area contributed by atoms with Gasteiger partial charge in [0, 0.05) is 6.61 Å². The van der Waals surface area contributed by atoms with Crippen LogP contribution >= 0.6 is 0 Å². The maximum Gasteiger partial charge on any atom is 0.456 e. The molecule has 0 amide bonds. The number of halogens is 3. The monoisotopic (exact) mass is 263 g/mol. The lowest BCUT2D eigenvalue weighted by Crippen LogP contribution is -2.25. The summed E-state index contributed by atoms with van der Waals surface area (Å²) < 4.78 is 43.1. The molecule has 0 N–H and O–H groups in total. The number of rotatable bonds is 3. The number of Topliss-reactive ketones (excluding diaryl/α,β-unsaturated/α-hetero) is 1. The van der Waals surface area contributed by atoms with E-state index in [9.17, 15) is 18.0 Å². The van der Waals surface area contributed by atoms with Gasteiger partial charge in [-0.1, -0.05) is 5.21 Å². The molecule has 1 saturated heterocycles. The van der Waals surface area contributed by atoms with E-state index in [1.165, 1.54) is 4.68 Å². The average molecular weight is 263 g/mol. The van der Waals surface area contributed by atoms with Gasteiger partial charge in [0.1, 0.15) is 0 Å². The van der Waals surface area contributed by atoms with Crippen LogP contribution in [0, 0.1) is 0 Å². The lowest BCUT2D eigenvalue weighted by atomic mass is 10.1. The third-order valence-electron chi connectivity index (χ3n) is 2.69. The van der Waals surface area contributed by atoms with E-state index in [4.69, 9.17) is 4.74 Å². The molecule has 18 heavy (non-hydrogen) atoms. The normalized spacial score (nSPS) is 20.9. The van der Waals surface area contributed by atoms with Gasteiger partial charge in [-0.25, -0.2) is 4.68 Å². The lowest BCUT2D eigenvalue weighted by Gasteiger charge is -2.21. The maximum atomic E-state index is 12.2. The zero-order valence-corrected chi connectivity index (χ0v) is 9.48. The van der Waals surface area contributed by atoms with Crippen LogP contribution in [-0.4, -0.2) is 39.7 Å². The number of hydrogen-bond acceptors (Lipinski definition) is 4. The summed E-state index contributed by atoms with van der Waals surface area (Å²) in [5, 5.41) is 6.75. The van der Waals surface area contributed by atoms with Crippen molar-refractivity contribution in [1.29, 1.82) is 0 Å². The highest BCUT2D eigenvalue weighted by Crippen LogP contribution is 2.20. The Kier molecular flexibility index (Phi) is 3.65. The fraction of sp³-hybridized carbons (Fsp3) is 0.700. The van der Waals surface area contributed by atoms with Gasteiger partial charge in [-0.05, 0) is 19.3 Å². The fourth-order valence-electron chi connectivity index (χ4n) is 1.80. The largest absolute Gasteiger partial charge is 0.456 e. The Bertz CT molecular complexity index is 424. The maximum absolute atomic E-state index is 12.2. The predicted octanol–water partition coefficient (Wildman–Crippen LogP) is 1.59. The van der Waals surface area contributed by atoms with Crippen LogP contribution in [0.15, 0.2) is 6.20 Å². The van der Waals surface area contributed by atoms with Crippen molar-refractivity contribution >= 4 is 5.78 Å². The number of ether oxygens (including phenoxy) is 1. The zero-order valence-electron chi connectivity index (χ0n) is 9.48. The molecule has 1 unspecified atom stereocenters. The third-order valence-corrected chi connectivity index (χ3v) is 2.69. The zero-order chi connectivity index (χ0) is 13.2. The Balaban J connectivity index is 1.99. The average Bonchev–Trinajstić information content (AvgIpc) is 2.76. The predicted molar refractivity (Wildman–Crippen MR) is 54.0 cm³/mol. The quantitative estimate of drug-likeness (QED) is 0.777. The van der Waals surface area contributed by atoms with E-state index in [1.807, 2.05) is 0 Å². The van der Waals surface area contributed by atoms with Crippen molar-refractivity contribution in [1.82, 2.24) is 15.0 Å². The van der Waals surface area contributed by atoms with Gasteiger partial charge < -0.3 is 4.74 Å². The summed E-state index contributed by atoms with van der Waals surface area (Å²) in [4.78, 5) is 10.9. The van der Waals surface area contributed by atoms with Crippen LogP contribution in [0.1, 0.15) is 29.8 Å². The Labute approximate surface area is 101 Å². The Hall–Kier alpha value is -1.44. The minimum Gasteiger partial charge on any atom is -0.376 e. The standard InChI is InChI=1S/C10H12F3N3O2/c11-10(12,13)9(17)8-6-16(15-14-8)5-7-3-1-2-4-18-7/h6-7H,1-5H2. The first kappa shape index (κ1) is 13.0. The van der Waals surface area contributed by atoms with Crippen LogP contribution < -0.4 is 0 Å². The molecular weight excluding hydrogens is 251 g/mol. The van der Waals surface area contributed by atoms with Crippen molar-refractivity contribution in [3.63, 3.8) is 0 Å². The Morgan fingerprint density at radius 3 is 2.89 bits per heavy atom. The van der Waals surface area contributed by atoms with Gasteiger partial charge in [0.25, 0.3) is 5.78 Å². The molecule has 8 heteroatoms. The van der Waals surface area contributed by atoms with E-state index in [0.717, 1.165) is 25.5 Å². The summed E-state index contributed by atoms with van der Waals surface area (Å²) in [6, 6.07) is 0. The lowest BCUT2D eigenvalue weighted by molar-refractivity contribution is -0.0888. The second-order valence-corrected chi connectivity index (χ2v) is 4.14. The van der Waals surface area contributed by atoms with Crippen molar-refractivity contribution < 1.29 is 22.7 Å². The van der Waals surface area contributed by atoms with Gasteiger partial charge in [0.15, 0.2) is 5.69 Å². The summed E-state index contributed by atoms with van der Waals surface area (Å²) in [5.41, 5.74) is -0.682. The smallest absolute Gasteiger partial charge is 0.376 e. The highest BCUT2D eigenvalue weighted by molar-refractivity contribution is 5.98. The fourth-order valence-corrected chi connectivity index (χ4v) is 1.80. The summed E-state index contributed by atoms with van der Waals surface area (Å²) in [7, 11) is 0. The SMILES string of the molecule is O=C(c1cn(CC2CCCCO2)nn1)C(F)(F)F. The van der Waals surface area contributed by atoms with Crippen LogP contribution in [0.2, 0.25) is 0 Å². The Morgan fingerprint density at radius 2 is 2.28 bits per heavy atom. The summed E-state index contributed by atoms with van der Waals surface area (Å²) in [6.45, 7) is 0.964. The summed E-state index contributed by atoms with van der Waals surface area (Å²) in [6.07, 6.45) is -1.13. The van der Waals surface area contributed by atoms with Crippen molar-refractivity contribution in [2.45, 2.75) is 38.1 Å². The molecule has 5 nitrogen and oxygen atoms in total. The summed E-state index contributed by atoms with van der Waals surface area (Å²) >= 11 is 0. The molecule has 0 saturated carbocycles. The van der Waals surface area contributed by atoms with Crippen LogP contribution in [0.3, 0.4) is 0 Å². The third kappa shape index (κ3) is 3.06. The minimum atomic E-state index is -4.91. The van der Waals surface area contributed by atoms with Gasteiger partial charge in [-0.3, -0.25) is 4.79 Å². The minimum absolute atomic E-state index is 0.0747. The number of alkyl halides is 3. The molecular formula is C10H12F3N3O2. The van der Waals surface area contributed by atoms with Crippen LogP contribution in [-0.2, 0) is 11.3 Å². The first-order valence-electron chi connectivity index (χ1n) is 5.60. The van der Waals surface area contributed by atoms with Gasteiger partial charge >= 0.3 is 6.18 Å². The van der Waals surface area contributed by atoms with E-state index < -0.39 is 17.7 Å². The van der Waals surface area contributed by atoms with Crippen molar-refractivity contribution in [3.05, 3.63) is 11.9 Å². The number of carbonyl (C=O) groups is 1. The molecule has 1 atom stereocenters. The molecule has 0 radical (unpaired) electrons. The molecule has 0 bridgehead atoms. The number of carbonyl (C=O) groups excluding carboxylic acids is 1. The number of ketones is 1. The second-order valence-electron chi connectivity index (χ2n) is 4.14. The number of nitrogens with zero attached hydrogens (tertiary/aromatic N) is 3. The van der Waals surface area contributed by atoms with Crippen molar-refractivity contribution in [2.75, 3.05) is 6.61 Å². The molecule has 2 heterocycles. The van der Waals surface area contributed by atoms with E-state index in [0.29, 0.717) is 13.2 Å². The molecule has 1 aromatic rings. The van der Waals surface area contributed by atoms with Gasteiger partial charge in [-0.15, -0.1) is 5.10 Å². The van der Waals surface area contributed by atoms with E-state index >= 15 is 0 Å². The molecule has 0 aromatic carbocycles. The number of hydrogen-bond donors (Lipinski definition) is 0. The molecule has 0 spiro atoms. The first-order chi connectivity index (χ1) is 8.47. The van der Waals surface area contributed by atoms with Crippen LogP contribution in [0.4, 0.5) is 13.2 Å². The molecule has 2 rings (SSSR count). The van der Waals surface area contributed by atoms with Gasteiger partial charge in [0.05, 0.1) is 18.8 Å². The van der Waals surface area contributed by atoms with E-state index in [2.05, 4.69) is 10.3 Å². The molecule has 100 valence electrons. The molecule has 1 fully saturated rings. The first-order valence-corrected chi connectivity index (χ1v) is 5.60.